The van der Waals surface area contributed by atoms with Gasteiger partial charge in [0.1, 0.15) is 22.6 Å². The van der Waals surface area contributed by atoms with Gasteiger partial charge in [-0.15, -0.1) is 12.6 Å². The van der Waals surface area contributed by atoms with Crippen molar-refractivity contribution < 1.29 is 18.7 Å². The number of pyridine rings is 1. The monoisotopic (exact) mass is 495 g/mol. The van der Waals surface area contributed by atoms with E-state index in [1.54, 1.807) is 21.3 Å². The van der Waals surface area contributed by atoms with Crippen molar-refractivity contribution in [1.82, 2.24) is 15.5 Å². The lowest BCUT2D eigenvalue weighted by Crippen LogP contribution is -2.43. The molecule has 0 spiro atoms. The van der Waals surface area contributed by atoms with Crippen molar-refractivity contribution in [2.45, 2.75) is 4.90 Å². The molecule has 35 heavy (non-hydrogen) atoms. The van der Waals surface area contributed by atoms with Gasteiger partial charge in [-0.25, -0.2) is 0 Å². The average Bonchev–Trinajstić information content (AvgIpc) is 3.30. The lowest BCUT2D eigenvalue weighted by molar-refractivity contribution is 0.377. The summed E-state index contributed by atoms with van der Waals surface area (Å²) in [5.41, 5.74) is 9.38. The molecule has 0 bridgehead atoms. The highest BCUT2D eigenvalue weighted by Gasteiger charge is 2.16. The minimum absolute atomic E-state index is 0.330. The van der Waals surface area contributed by atoms with Crippen LogP contribution in [0.4, 0.5) is 11.5 Å². The zero-order valence-corrected chi connectivity index (χ0v) is 20.8. The number of fused-ring (bicyclic) bond motifs is 1. The number of thiol groups is 1. The van der Waals surface area contributed by atoms with Crippen LogP contribution in [0.15, 0.2) is 58.1 Å². The van der Waals surface area contributed by atoms with E-state index in [9.17, 15) is 0 Å². The molecule has 10 heteroatoms. The summed E-state index contributed by atoms with van der Waals surface area (Å²) in [6.45, 7) is 3.97. The molecule has 1 fully saturated rings. The van der Waals surface area contributed by atoms with Crippen molar-refractivity contribution in [3.8, 4) is 28.5 Å². The molecule has 4 aromatic rings. The molecule has 3 heterocycles. The molecule has 1 aliphatic rings. The molecule has 184 valence electrons. The number of aromatic nitrogens is 2. The second-order valence-corrected chi connectivity index (χ2v) is 8.21. The molecular formula is C25H29N5O4S. The van der Waals surface area contributed by atoms with Crippen LogP contribution in [0.25, 0.3) is 22.2 Å². The van der Waals surface area contributed by atoms with Crippen LogP contribution in [0.3, 0.4) is 0 Å². The highest BCUT2D eigenvalue weighted by Crippen LogP contribution is 2.36. The van der Waals surface area contributed by atoms with Crippen molar-refractivity contribution in [2.24, 2.45) is 0 Å². The summed E-state index contributed by atoms with van der Waals surface area (Å²) < 4.78 is 20.8. The molecule has 3 N–H and O–H groups in total. The quantitative estimate of drug-likeness (QED) is 0.356. The van der Waals surface area contributed by atoms with Gasteiger partial charge in [0.2, 0.25) is 0 Å². The van der Waals surface area contributed by atoms with E-state index in [-0.39, 0.29) is 0 Å². The van der Waals surface area contributed by atoms with Gasteiger partial charge in [-0.05, 0) is 36.4 Å². The number of hydrogen-bond acceptors (Lipinski definition) is 10. The highest BCUT2D eigenvalue weighted by atomic mass is 32.1. The van der Waals surface area contributed by atoms with Gasteiger partial charge < -0.3 is 34.7 Å². The third-order valence-electron chi connectivity index (χ3n) is 5.71. The number of anilines is 2. The SMILES string of the molecule is COc1cc(-c2cc(N3CCNCC3)ccn2)cc2onc(N)c12.COc1cccc(OC)c1S. The zero-order chi connectivity index (χ0) is 24.8. The van der Waals surface area contributed by atoms with E-state index in [0.717, 1.165) is 59.5 Å². The molecule has 1 aliphatic heterocycles. The second-order valence-electron chi connectivity index (χ2n) is 7.77. The number of piperazine rings is 1. The maximum Gasteiger partial charge on any atom is 0.178 e. The molecule has 0 unspecified atom stereocenters. The fourth-order valence-electron chi connectivity index (χ4n) is 3.90. The van der Waals surface area contributed by atoms with E-state index >= 15 is 0 Å². The average molecular weight is 496 g/mol. The second kappa shape index (κ2) is 11.2. The van der Waals surface area contributed by atoms with Gasteiger partial charge in [-0.2, -0.15) is 0 Å². The van der Waals surface area contributed by atoms with E-state index in [2.05, 4.69) is 39.1 Å². The number of methoxy groups -OCH3 is 3. The molecule has 2 aromatic heterocycles. The van der Waals surface area contributed by atoms with E-state index in [1.807, 2.05) is 42.6 Å². The number of rotatable bonds is 5. The van der Waals surface area contributed by atoms with Gasteiger partial charge >= 0.3 is 0 Å². The molecule has 0 amide bonds. The van der Waals surface area contributed by atoms with E-state index in [0.29, 0.717) is 22.5 Å². The Hall–Kier alpha value is -3.63. The smallest absolute Gasteiger partial charge is 0.178 e. The topological polar surface area (TPSA) is 108 Å². The Kier molecular flexibility index (Phi) is 7.84. The van der Waals surface area contributed by atoms with Crippen molar-refractivity contribution >= 4 is 35.1 Å². The van der Waals surface area contributed by atoms with Crippen LogP contribution in [0, 0.1) is 0 Å². The predicted octanol–water partition coefficient (Wildman–Crippen LogP) is 3.88. The van der Waals surface area contributed by atoms with Crippen molar-refractivity contribution in [3.63, 3.8) is 0 Å². The molecule has 9 nitrogen and oxygen atoms in total. The summed E-state index contributed by atoms with van der Waals surface area (Å²) in [5, 5.41) is 7.87. The summed E-state index contributed by atoms with van der Waals surface area (Å²) in [6.07, 6.45) is 1.83. The number of hydrogen-bond donors (Lipinski definition) is 3. The third kappa shape index (κ3) is 5.39. The standard InChI is InChI=1S/C17H19N5O2.C8H10O2S/c1-23-14-8-11(9-15-16(14)17(18)21-24-15)13-10-12(2-3-20-13)22-6-4-19-5-7-22;1-9-6-4-3-5-7(10-2)8(6)11/h2-3,8-10,19H,4-7H2,1H3,(H2,18,21);3-5,11H,1-2H3. The van der Waals surface area contributed by atoms with Crippen LogP contribution in [0.5, 0.6) is 17.2 Å². The summed E-state index contributed by atoms with van der Waals surface area (Å²) in [6, 6.07) is 13.5. The van der Waals surface area contributed by atoms with Crippen molar-refractivity contribution in [1.29, 1.82) is 0 Å². The minimum atomic E-state index is 0.330. The van der Waals surface area contributed by atoms with Gasteiger partial charge in [0, 0.05) is 43.6 Å². The predicted molar refractivity (Wildman–Crippen MR) is 140 cm³/mol. The largest absolute Gasteiger partial charge is 0.496 e. The number of nitrogens with zero attached hydrogens (tertiary/aromatic N) is 3. The van der Waals surface area contributed by atoms with Crippen molar-refractivity contribution in [2.75, 3.05) is 58.1 Å². The van der Waals surface area contributed by atoms with Crippen LogP contribution in [-0.4, -0.2) is 57.6 Å². The highest BCUT2D eigenvalue weighted by molar-refractivity contribution is 7.80. The lowest BCUT2D eigenvalue weighted by Gasteiger charge is -2.29. The number of ether oxygens (including phenoxy) is 3. The molecule has 1 saturated heterocycles. The normalized spacial score (nSPS) is 13.2. The number of nitrogens with one attached hydrogen (secondary N) is 1. The Labute approximate surface area is 209 Å². The summed E-state index contributed by atoms with van der Waals surface area (Å²) in [5.74, 6) is 2.42. The van der Waals surface area contributed by atoms with Crippen LogP contribution < -0.4 is 30.2 Å². The number of nitrogen functional groups attached to an aromatic ring is 1. The van der Waals surface area contributed by atoms with Gasteiger partial charge in [-0.3, -0.25) is 4.98 Å². The van der Waals surface area contributed by atoms with Crippen LogP contribution in [-0.2, 0) is 0 Å². The van der Waals surface area contributed by atoms with E-state index in [4.69, 9.17) is 24.5 Å². The molecule has 0 saturated carbocycles. The lowest BCUT2D eigenvalue weighted by atomic mass is 10.1. The Morgan fingerprint density at radius 1 is 0.971 bits per heavy atom. The minimum Gasteiger partial charge on any atom is -0.496 e. The fraction of sp³-hybridized carbons (Fsp3) is 0.280. The first-order valence-corrected chi connectivity index (χ1v) is 11.5. The summed E-state index contributed by atoms with van der Waals surface area (Å²) in [7, 11) is 4.82. The van der Waals surface area contributed by atoms with Gasteiger partial charge in [0.05, 0.1) is 31.9 Å². The molecule has 2 aromatic carbocycles. The van der Waals surface area contributed by atoms with Gasteiger partial charge in [0.25, 0.3) is 0 Å². The molecule has 0 radical (unpaired) electrons. The van der Waals surface area contributed by atoms with E-state index in [1.165, 1.54) is 0 Å². The fourth-order valence-corrected chi connectivity index (χ4v) is 4.23. The van der Waals surface area contributed by atoms with Gasteiger partial charge in [0.15, 0.2) is 11.4 Å². The van der Waals surface area contributed by atoms with Crippen LogP contribution in [0.2, 0.25) is 0 Å². The van der Waals surface area contributed by atoms with Gasteiger partial charge in [-0.1, -0.05) is 11.2 Å². The number of benzene rings is 2. The van der Waals surface area contributed by atoms with Crippen molar-refractivity contribution in [3.05, 3.63) is 48.7 Å². The Morgan fingerprint density at radius 2 is 1.66 bits per heavy atom. The molecule has 0 aliphatic carbocycles. The maximum atomic E-state index is 5.85. The Morgan fingerprint density at radius 3 is 2.31 bits per heavy atom. The number of nitrogens with two attached hydrogens (primary N) is 1. The van der Waals surface area contributed by atoms with Crippen LogP contribution >= 0.6 is 12.6 Å². The molecule has 5 rings (SSSR count). The molecule has 0 atom stereocenters. The molecular weight excluding hydrogens is 466 g/mol. The van der Waals surface area contributed by atoms with Crippen LogP contribution in [0.1, 0.15) is 0 Å². The first kappa shape index (κ1) is 24.5. The first-order chi connectivity index (χ1) is 17.0. The summed E-state index contributed by atoms with van der Waals surface area (Å²) in [4.78, 5) is 7.59. The Balaban J connectivity index is 0.000000221. The Bertz CT molecular complexity index is 1270. The maximum absolute atomic E-state index is 5.85. The first-order valence-electron chi connectivity index (χ1n) is 11.1. The zero-order valence-electron chi connectivity index (χ0n) is 19.9. The third-order valence-corrected chi connectivity index (χ3v) is 6.15. The summed E-state index contributed by atoms with van der Waals surface area (Å²) >= 11 is 4.22. The van der Waals surface area contributed by atoms with E-state index < -0.39 is 0 Å².